The molecular formula is C8H15ClF3NO2S. The van der Waals surface area contributed by atoms with Gasteiger partial charge in [-0.15, -0.1) is 11.6 Å². The number of nitrogens with zero attached hydrogens (tertiary/aromatic N) is 1. The molecule has 16 heavy (non-hydrogen) atoms. The van der Waals surface area contributed by atoms with Gasteiger partial charge in [0.25, 0.3) is 0 Å². The molecule has 0 aromatic rings. The van der Waals surface area contributed by atoms with E-state index in [0.717, 1.165) is 0 Å². The number of hydrogen-bond acceptors (Lipinski definition) is 2. The van der Waals surface area contributed by atoms with Crippen LogP contribution in [0.25, 0.3) is 0 Å². The highest BCUT2D eigenvalue weighted by Gasteiger charge is 2.35. The largest absolute Gasteiger partial charge is 0.402 e. The van der Waals surface area contributed by atoms with E-state index in [1.165, 1.54) is 6.92 Å². The maximum absolute atomic E-state index is 12.1. The topological polar surface area (TPSA) is 37.4 Å². The Morgan fingerprint density at radius 1 is 1.38 bits per heavy atom. The summed E-state index contributed by atoms with van der Waals surface area (Å²) in [7, 11) is -3.89. The first-order chi connectivity index (χ1) is 7.12. The van der Waals surface area contributed by atoms with Gasteiger partial charge in [0, 0.05) is 12.4 Å². The Labute approximate surface area is 98.6 Å². The molecule has 0 radical (unpaired) electrons. The fraction of sp³-hybridized carbons (Fsp3) is 1.00. The second kappa shape index (κ2) is 6.07. The first-order valence-electron chi connectivity index (χ1n) is 4.73. The van der Waals surface area contributed by atoms with Crippen LogP contribution in [0.2, 0.25) is 0 Å². The zero-order valence-corrected chi connectivity index (χ0v) is 10.7. The van der Waals surface area contributed by atoms with Crippen molar-refractivity contribution in [3.8, 4) is 0 Å². The zero-order valence-electron chi connectivity index (χ0n) is 9.09. The van der Waals surface area contributed by atoms with Crippen molar-refractivity contribution in [2.45, 2.75) is 20.0 Å². The lowest BCUT2D eigenvalue weighted by Gasteiger charge is -2.23. The highest BCUT2D eigenvalue weighted by atomic mass is 35.5. The first kappa shape index (κ1) is 16.0. The number of halogens is 4. The lowest BCUT2D eigenvalue weighted by Crippen LogP contribution is -2.41. The van der Waals surface area contributed by atoms with Crippen LogP contribution >= 0.6 is 11.6 Å². The minimum atomic E-state index is -4.52. The molecule has 0 saturated heterocycles. The third-order valence-corrected chi connectivity index (χ3v) is 4.55. The van der Waals surface area contributed by atoms with Crippen molar-refractivity contribution in [1.29, 1.82) is 0 Å². The molecule has 0 aromatic heterocycles. The van der Waals surface area contributed by atoms with Crippen molar-refractivity contribution in [2.75, 3.05) is 24.7 Å². The smallest absolute Gasteiger partial charge is 0.212 e. The van der Waals surface area contributed by atoms with E-state index >= 15 is 0 Å². The molecular weight excluding hydrogens is 267 g/mol. The second-order valence-electron chi connectivity index (χ2n) is 3.58. The number of hydrogen-bond donors (Lipinski definition) is 0. The van der Waals surface area contributed by atoms with Crippen molar-refractivity contribution in [3.05, 3.63) is 0 Å². The zero-order chi connectivity index (χ0) is 13.0. The van der Waals surface area contributed by atoms with Crippen LogP contribution in [0, 0.1) is 5.92 Å². The van der Waals surface area contributed by atoms with E-state index in [0.29, 0.717) is 4.31 Å². The molecule has 0 aromatic carbocycles. The van der Waals surface area contributed by atoms with Crippen molar-refractivity contribution in [3.63, 3.8) is 0 Å². The van der Waals surface area contributed by atoms with Crippen LogP contribution in [0.15, 0.2) is 0 Å². The molecule has 0 amide bonds. The van der Waals surface area contributed by atoms with Crippen molar-refractivity contribution in [1.82, 2.24) is 4.31 Å². The maximum atomic E-state index is 12.1. The van der Waals surface area contributed by atoms with Gasteiger partial charge in [0.15, 0.2) is 0 Å². The Morgan fingerprint density at radius 2 is 1.88 bits per heavy atom. The minimum absolute atomic E-state index is 0.100. The number of rotatable bonds is 6. The second-order valence-corrected chi connectivity index (χ2v) is 5.90. The SMILES string of the molecule is CCN(CC(F)(F)F)S(=O)(=O)CC(C)CCl. The van der Waals surface area contributed by atoms with E-state index in [4.69, 9.17) is 11.6 Å². The van der Waals surface area contributed by atoms with Gasteiger partial charge >= 0.3 is 6.18 Å². The quantitative estimate of drug-likeness (QED) is 0.699. The monoisotopic (exact) mass is 281 g/mol. The highest BCUT2D eigenvalue weighted by molar-refractivity contribution is 7.89. The summed E-state index contributed by atoms with van der Waals surface area (Å²) in [5.74, 6) is -0.627. The molecule has 0 rings (SSSR count). The molecule has 0 aliphatic heterocycles. The highest BCUT2D eigenvalue weighted by Crippen LogP contribution is 2.19. The average Bonchev–Trinajstić information content (AvgIpc) is 2.11. The molecule has 0 aliphatic carbocycles. The lowest BCUT2D eigenvalue weighted by molar-refractivity contribution is -0.135. The van der Waals surface area contributed by atoms with E-state index in [1.54, 1.807) is 6.92 Å². The molecule has 1 atom stereocenters. The van der Waals surface area contributed by atoms with Gasteiger partial charge in [0.2, 0.25) is 10.0 Å². The molecule has 1 unspecified atom stereocenters. The van der Waals surface area contributed by atoms with E-state index in [2.05, 4.69) is 0 Å². The summed E-state index contributed by atoms with van der Waals surface area (Å²) >= 11 is 5.43. The van der Waals surface area contributed by atoms with Gasteiger partial charge in [-0.3, -0.25) is 0 Å². The van der Waals surface area contributed by atoms with Gasteiger partial charge in [-0.05, 0) is 5.92 Å². The Kier molecular flexibility index (Phi) is 6.06. The summed E-state index contributed by atoms with van der Waals surface area (Å²) in [6.07, 6.45) is -4.52. The summed E-state index contributed by atoms with van der Waals surface area (Å²) in [6.45, 7) is 1.30. The molecule has 0 spiro atoms. The number of sulfonamides is 1. The Balaban J connectivity index is 4.69. The predicted molar refractivity (Wildman–Crippen MR) is 57.0 cm³/mol. The van der Waals surface area contributed by atoms with Crippen LogP contribution in [-0.2, 0) is 10.0 Å². The third-order valence-electron chi connectivity index (χ3n) is 1.86. The van der Waals surface area contributed by atoms with Gasteiger partial charge in [0.05, 0.1) is 5.75 Å². The molecule has 0 saturated carbocycles. The maximum Gasteiger partial charge on any atom is 0.402 e. The van der Waals surface area contributed by atoms with E-state index in [1.807, 2.05) is 0 Å². The normalized spacial score (nSPS) is 15.4. The molecule has 0 heterocycles. The average molecular weight is 282 g/mol. The molecule has 3 nitrogen and oxygen atoms in total. The van der Waals surface area contributed by atoms with Gasteiger partial charge in [-0.2, -0.15) is 17.5 Å². The summed E-state index contributed by atoms with van der Waals surface area (Å²) in [6, 6.07) is 0. The van der Waals surface area contributed by atoms with E-state index < -0.39 is 22.7 Å². The van der Waals surface area contributed by atoms with Crippen LogP contribution in [-0.4, -0.2) is 43.6 Å². The summed E-state index contributed by atoms with van der Waals surface area (Å²) in [5.41, 5.74) is 0. The third kappa shape index (κ3) is 5.91. The van der Waals surface area contributed by atoms with E-state index in [-0.39, 0.29) is 24.1 Å². The predicted octanol–water partition coefficient (Wildman–Crippen LogP) is 2.08. The lowest BCUT2D eigenvalue weighted by atomic mass is 10.3. The fourth-order valence-electron chi connectivity index (χ4n) is 1.12. The van der Waals surface area contributed by atoms with Crippen LogP contribution in [0.5, 0.6) is 0 Å². The van der Waals surface area contributed by atoms with Crippen LogP contribution < -0.4 is 0 Å². The fourth-order valence-corrected chi connectivity index (χ4v) is 3.14. The summed E-state index contributed by atoms with van der Waals surface area (Å²) < 4.78 is 59.9. The molecule has 0 bridgehead atoms. The molecule has 98 valence electrons. The first-order valence-corrected chi connectivity index (χ1v) is 6.87. The van der Waals surface area contributed by atoms with Crippen molar-refractivity contribution >= 4 is 21.6 Å². The Hall–Kier alpha value is -0.0100. The van der Waals surface area contributed by atoms with Crippen molar-refractivity contribution in [2.24, 2.45) is 5.92 Å². The standard InChI is InChI=1S/C8H15ClF3NO2S/c1-3-13(6-8(10,11)12)16(14,15)5-7(2)4-9/h7H,3-6H2,1-2H3. The molecule has 0 aliphatic rings. The van der Waals surface area contributed by atoms with Gasteiger partial charge in [0.1, 0.15) is 6.54 Å². The van der Waals surface area contributed by atoms with Crippen molar-refractivity contribution < 1.29 is 21.6 Å². The van der Waals surface area contributed by atoms with Gasteiger partial charge < -0.3 is 0 Å². The molecule has 0 fully saturated rings. The van der Waals surface area contributed by atoms with Gasteiger partial charge in [-0.1, -0.05) is 13.8 Å². The van der Waals surface area contributed by atoms with Crippen LogP contribution in [0.3, 0.4) is 0 Å². The van der Waals surface area contributed by atoms with E-state index in [9.17, 15) is 21.6 Å². The number of alkyl halides is 4. The Bertz CT molecular complexity index is 305. The van der Waals surface area contributed by atoms with Gasteiger partial charge in [-0.25, -0.2) is 8.42 Å². The Morgan fingerprint density at radius 3 is 2.19 bits per heavy atom. The summed E-state index contributed by atoms with van der Waals surface area (Å²) in [4.78, 5) is 0. The molecule has 0 N–H and O–H groups in total. The summed E-state index contributed by atoms with van der Waals surface area (Å²) in [5, 5.41) is 0. The molecule has 8 heteroatoms. The minimum Gasteiger partial charge on any atom is -0.212 e. The van der Waals surface area contributed by atoms with Crippen LogP contribution in [0.1, 0.15) is 13.8 Å². The van der Waals surface area contributed by atoms with Crippen LogP contribution in [0.4, 0.5) is 13.2 Å².